The SMILES string of the molecule is CC1=CC(N)=NNC1C. The summed E-state index contributed by atoms with van der Waals surface area (Å²) in [6.45, 7) is 4.07. The Hall–Kier alpha value is -0.990. The fourth-order valence-electron chi connectivity index (χ4n) is 0.664. The van der Waals surface area contributed by atoms with E-state index in [4.69, 9.17) is 5.73 Å². The van der Waals surface area contributed by atoms with Gasteiger partial charge in [0.25, 0.3) is 0 Å². The molecule has 1 atom stereocenters. The van der Waals surface area contributed by atoms with Crippen molar-refractivity contribution in [2.75, 3.05) is 0 Å². The summed E-state index contributed by atoms with van der Waals surface area (Å²) in [5.74, 6) is 0.561. The molecule has 0 spiro atoms. The highest BCUT2D eigenvalue weighted by Gasteiger charge is 2.06. The number of nitrogens with two attached hydrogens (primary N) is 1. The van der Waals surface area contributed by atoms with Gasteiger partial charge in [0.05, 0.1) is 6.04 Å². The highest BCUT2D eigenvalue weighted by atomic mass is 15.3. The van der Waals surface area contributed by atoms with Gasteiger partial charge in [-0.3, -0.25) is 0 Å². The van der Waals surface area contributed by atoms with Crippen LogP contribution in [0.25, 0.3) is 0 Å². The molecule has 3 heteroatoms. The molecule has 0 aromatic heterocycles. The summed E-state index contributed by atoms with van der Waals surface area (Å²) in [5, 5.41) is 3.83. The lowest BCUT2D eigenvalue weighted by Gasteiger charge is -2.15. The monoisotopic (exact) mass is 125 g/mol. The molecule has 0 aromatic carbocycles. The first-order chi connectivity index (χ1) is 4.20. The van der Waals surface area contributed by atoms with Gasteiger partial charge >= 0.3 is 0 Å². The Labute approximate surface area is 54.6 Å². The van der Waals surface area contributed by atoms with Gasteiger partial charge in [0.2, 0.25) is 0 Å². The van der Waals surface area contributed by atoms with Crippen LogP contribution in [0.3, 0.4) is 0 Å². The fourth-order valence-corrected chi connectivity index (χ4v) is 0.664. The van der Waals surface area contributed by atoms with Crippen molar-refractivity contribution in [2.45, 2.75) is 19.9 Å². The lowest BCUT2D eigenvalue weighted by atomic mass is 10.1. The summed E-state index contributed by atoms with van der Waals surface area (Å²) in [6, 6.07) is 0.331. The van der Waals surface area contributed by atoms with E-state index in [1.54, 1.807) is 0 Å². The minimum Gasteiger partial charge on any atom is -0.382 e. The molecule has 3 N–H and O–H groups in total. The maximum absolute atomic E-state index is 5.40. The van der Waals surface area contributed by atoms with Gasteiger partial charge in [0.15, 0.2) is 0 Å². The second kappa shape index (κ2) is 2.09. The van der Waals surface area contributed by atoms with Crippen LogP contribution in [0.15, 0.2) is 16.8 Å². The molecule has 1 aliphatic rings. The molecule has 1 aliphatic heterocycles. The number of hydrogen-bond acceptors (Lipinski definition) is 3. The quantitative estimate of drug-likeness (QED) is 0.485. The Balaban J connectivity index is 2.74. The summed E-state index contributed by atoms with van der Waals surface area (Å²) < 4.78 is 0. The Morgan fingerprint density at radius 3 is 2.89 bits per heavy atom. The minimum absolute atomic E-state index is 0.331. The Bertz CT molecular complexity index is 169. The molecule has 9 heavy (non-hydrogen) atoms. The molecule has 0 bridgehead atoms. The summed E-state index contributed by atoms with van der Waals surface area (Å²) in [5.41, 5.74) is 9.50. The number of nitrogens with one attached hydrogen (secondary N) is 1. The van der Waals surface area contributed by atoms with Gasteiger partial charge in [0, 0.05) is 0 Å². The molecule has 0 amide bonds. The number of amidine groups is 1. The normalized spacial score (nSPS) is 26.2. The maximum Gasteiger partial charge on any atom is 0.143 e. The zero-order chi connectivity index (χ0) is 6.85. The highest BCUT2D eigenvalue weighted by Crippen LogP contribution is 2.02. The van der Waals surface area contributed by atoms with E-state index in [1.807, 2.05) is 19.9 Å². The number of hydrogen-bond donors (Lipinski definition) is 2. The van der Waals surface area contributed by atoms with Gasteiger partial charge in [-0.2, -0.15) is 5.10 Å². The molecule has 50 valence electrons. The van der Waals surface area contributed by atoms with Crippen LogP contribution >= 0.6 is 0 Å². The predicted molar refractivity (Wildman–Crippen MR) is 38.0 cm³/mol. The molecule has 1 heterocycles. The van der Waals surface area contributed by atoms with Gasteiger partial charge in [0.1, 0.15) is 5.84 Å². The van der Waals surface area contributed by atoms with Gasteiger partial charge in [-0.1, -0.05) is 0 Å². The van der Waals surface area contributed by atoms with Crippen molar-refractivity contribution in [3.63, 3.8) is 0 Å². The fraction of sp³-hybridized carbons (Fsp3) is 0.500. The molecule has 0 saturated heterocycles. The van der Waals surface area contributed by atoms with Crippen LogP contribution in [-0.4, -0.2) is 11.9 Å². The first kappa shape index (κ1) is 6.13. The van der Waals surface area contributed by atoms with Crippen molar-refractivity contribution in [3.05, 3.63) is 11.6 Å². The molecule has 1 rings (SSSR count). The second-order valence-electron chi connectivity index (χ2n) is 2.28. The molecule has 0 aromatic rings. The van der Waals surface area contributed by atoms with E-state index in [2.05, 4.69) is 10.5 Å². The van der Waals surface area contributed by atoms with E-state index in [-0.39, 0.29) is 0 Å². The molecular formula is C6H11N3. The van der Waals surface area contributed by atoms with Gasteiger partial charge in [-0.15, -0.1) is 0 Å². The van der Waals surface area contributed by atoms with Crippen molar-refractivity contribution in [3.8, 4) is 0 Å². The standard InChI is InChI=1S/C6H11N3/c1-4-3-6(7)9-8-5(4)2/h3,5,8H,1-2H3,(H2,7,9). The Morgan fingerprint density at radius 2 is 2.44 bits per heavy atom. The number of hydrazone groups is 1. The third-order valence-corrected chi connectivity index (χ3v) is 1.45. The van der Waals surface area contributed by atoms with Crippen LogP contribution in [0.2, 0.25) is 0 Å². The summed E-state index contributed by atoms with van der Waals surface area (Å²) in [6.07, 6.45) is 1.88. The minimum atomic E-state index is 0.331. The zero-order valence-corrected chi connectivity index (χ0v) is 5.68. The van der Waals surface area contributed by atoms with Gasteiger partial charge in [-0.25, -0.2) is 0 Å². The van der Waals surface area contributed by atoms with Crippen molar-refractivity contribution in [1.82, 2.24) is 5.43 Å². The smallest absolute Gasteiger partial charge is 0.143 e. The molecule has 0 radical (unpaired) electrons. The number of nitrogens with zero attached hydrogens (tertiary/aromatic N) is 1. The predicted octanol–water partition coefficient (Wildman–Crippen LogP) is 0.197. The highest BCUT2D eigenvalue weighted by molar-refractivity contribution is 5.92. The van der Waals surface area contributed by atoms with E-state index in [0.717, 1.165) is 0 Å². The first-order valence-electron chi connectivity index (χ1n) is 2.97. The van der Waals surface area contributed by atoms with Crippen LogP contribution in [0, 0.1) is 0 Å². The topological polar surface area (TPSA) is 50.4 Å². The lowest BCUT2D eigenvalue weighted by Crippen LogP contribution is -2.30. The van der Waals surface area contributed by atoms with E-state index < -0.39 is 0 Å². The van der Waals surface area contributed by atoms with Crippen LogP contribution in [0.4, 0.5) is 0 Å². The third kappa shape index (κ3) is 1.22. The van der Waals surface area contributed by atoms with Crippen LogP contribution in [0.1, 0.15) is 13.8 Å². The Morgan fingerprint density at radius 1 is 1.78 bits per heavy atom. The first-order valence-corrected chi connectivity index (χ1v) is 2.97. The average Bonchev–Trinajstić information content (AvgIpc) is 1.80. The van der Waals surface area contributed by atoms with E-state index in [0.29, 0.717) is 11.9 Å². The van der Waals surface area contributed by atoms with Crippen molar-refractivity contribution in [1.29, 1.82) is 0 Å². The third-order valence-electron chi connectivity index (χ3n) is 1.45. The second-order valence-corrected chi connectivity index (χ2v) is 2.28. The van der Waals surface area contributed by atoms with Crippen molar-refractivity contribution >= 4 is 5.84 Å². The summed E-state index contributed by atoms with van der Waals surface area (Å²) >= 11 is 0. The van der Waals surface area contributed by atoms with Gasteiger partial charge < -0.3 is 11.2 Å². The van der Waals surface area contributed by atoms with E-state index >= 15 is 0 Å². The molecule has 1 unspecified atom stereocenters. The summed E-state index contributed by atoms with van der Waals surface area (Å²) in [4.78, 5) is 0. The molecule has 0 aliphatic carbocycles. The van der Waals surface area contributed by atoms with Crippen molar-refractivity contribution < 1.29 is 0 Å². The lowest BCUT2D eigenvalue weighted by molar-refractivity contribution is 0.633. The molecular weight excluding hydrogens is 114 g/mol. The van der Waals surface area contributed by atoms with Crippen molar-refractivity contribution in [2.24, 2.45) is 10.8 Å². The van der Waals surface area contributed by atoms with Crippen LogP contribution in [0.5, 0.6) is 0 Å². The van der Waals surface area contributed by atoms with Crippen LogP contribution < -0.4 is 11.2 Å². The maximum atomic E-state index is 5.40. The summed E-state index contributed by atoms with van der Waals surface area (Å²) in [7, 11) is 0. The van der Waals surface area contributed by atoms with Gasteiger partial charge in [-0.05, 0) is 25.5 Å². The molecule has 3 nitrogen and oxygen atoms in total. The van der Waals surface area contributed by atoms with E-state index in [9.17, 15) is 0 Å². The zero-order valence-electron chi connectivity index (χ0n) is 5.68. The average molecular weight is 125 g/mol. The van der Waals surface area contributed by atoms with Crippen LogP contribution in [-0.2, 0) is 0 Å². The van der Waals surface area contributed by atoms with E-state index in [1.165, 1.54) is 5.57 Å². The largest absolute Gasteiger partial charge is 0.382 e. The molecule has 0 saturated carbocycles. The number of rotatable bonds is 0. The molecule has 0 fully saturated rings. The Kier molecular flexibility index (Phi) is 1.42.